The lowest BCUT2D eigenvalue weighted by Crippen LogP contribution is -2.20. The van der Waals surface area contributed by atoms with Crippen LogP contribution in [0.15, 0.2) is 42.6 Å². The molecular weight excluding hydrogens is 302 g/mol. The van der Waals surface area contributed by atoms with Crippen LogP contribution in [-0.4, -0.2) is 25.5 Å². The van der Waals surface area contributed by atoms with Gasteiger partial charge in [-0.3, -0.25) is 14.2 Å². The van der Waals surface area contributed by atoms with Crippen LogP contribution in [0.25, 0.3) is 0 Å². The predicted octanol–water partition coefficient (Wildman–Crippen LogP) is 2.69. The minimum absolute atomic E-state index is 0.108. The van der Waals surface area contributed by atoms with E-state index in [1.54, 1.807) is 10.9 Å². The molecule has 6 nitrogen and oxygen atoms in total. The number of aryl methyl sites for hydroxylation is 2. The number of hydrogen-bond donors (Lipinski definition) is 1. The lowest BCUT2D eigenvalue weighted by atomic mass is 10.2. The van der Waals surface area contributed by atoms with Gasteiger partial charge in [-0.2, -0.15) is 10.2 Å². The fourth-order valence-electron chi connectivity index (χ4n) is 2.67. The Morgan fingerprint density at radius 2 is 1.83 bits per heavy atom. The Kier molecular flexibility index (Phi) is 4.46. The zero-order valence-electron chi connectivity index (χ0n) is 14.2. The van der Waals surface area contributed by atoms with Gasteiger partial charge in [-0.15, -0.1) is 0 Å². The minimum Gasteiger partial charge on any atom is -0.321 e. The second kappa shape index (κ2) is 6.70. The molecule has 0 spiro atoms. The molecule has 3 rings (SSSR count). The maximum Gasteiger partial charge on any atom is 0.246 e. The first-order valence-corrected chi connectivity index (χ1v) is 7.91. The van der Waals surface area contributed by atoms with Crippen LogP contribution in [0.2, 0.25) is 0 Å². The molecular formula is C18H21N5O. The Bertz CT molecular complexity index is 848. The van der Waals surface area contributed by atoms with E-state index in [2.05, 4.69) is 27.6 Å². The Morgan fingerprint density at radius 3 is 2.50 bits per heavy atom. The van der Waals surface area contributed by atoms with Crippen LogP contribution in [0.1, 0.15) is 22.6 Å². The average molecular weight is 323 g/mol. The summed E-state index contributed by atoms with van der Waals surface area (Å²) in [7, 11) is 0. The van der Waals surface area contributed by atoms with Crippen LogP contribution < -0.4 is 5.32 Å². The van der Waals surface area contributed by atoms with Crippen molar-refractivity contribution in [1.29, 1.82) is 0 Å². The third-order valence-electron chi connectivity index (χ3n) is 3.90. The first-order valence-electron chi connectivity index (χ1n) is 7.91. The third-order valence-corrected chi connectivity index (χ3v) is 3.90. The standard InChI is InChI=1S/C18H21N5O/c1-13-9-10-22(20-13)12-17(24)19-18-14(2)21-23(15(18)3)11-16-7-5-4-6-8-16/h4-10H,11-12H2,1-3H3,(H,19,24). The molecule has 0 atom stereocenters. The summed E-state index contributed by atoms with van der Waals surface area (Å²) in [6.07, 6.45) is 1.80. The van der Waals surface area contributed by atoms with Crippen molar-refractivity contribution < 1.29 is 4.79 Å². The van der Waals surface area contributed by atoms with Gasteiger partial charge >= 0.3 is 0 Å². The van der Waals surface area contributed by atoms with Crippen LogP contribution in [0, 0.1) is 20.8 Å². The second-order valence-electron chi connectivity index (χ2n) is 5.89. The smallest absolute Gasteiger partial charge is 0.246 e. The van der Waals surface area contributed by atoms with Crippen LogP contribution in [-0.2, 0) is 17.9 Å². The number of amides is 1. The van der Waals surface area contributed by atoms with E-state index in [0.29, 0.717) is 6.54 Å². The monoisotopic (exact) mass is 323 g/mol. The first kappa shape index (κ1) is 16.0. The van der Waals surface area contributed by atoms with E-state index in [-0.39, 0.29) is 12.5 Å². The van der Waals surface area contributed by atoms with E-state index in [9.17, 15) is 4.79 Å². The number of aromatic nitrogens is 4. The van der Waals surface area contributed by atoms with Crippen molar-refractivity contribution in [3.63, 3.8) is 0 Å². The predicted molar refractivity (Wildman–Crippen MR) is 92.8 cm³/mol. The first-order chi connectivity index (χ1) is 11.5. The van der Waals surface area contributed by atoms with Crippen molar-refractivity contribution in [1.82, 2.24) is 19.6 Å². The Morgan fingerprint density at radius 1 is 1.08 bits per heavy atom. The van der Waals surface area contributed by atoms with Crippen molar-refractivity contribution >= 4 is 11.6 Å². The van der Waals surface area contributed by atoms with Crippen LogP contribution in [0.5, 0.6) is 0 Å². The molecule has 3 aromatic rings. The molecule has 1 N–H and O–H groups in total. The molecule has 2 heterocycles. The van der Waals surface area contributed by atoms with E-state index in [1.165, 1.54) is 5.56 Å². The molecule has 0 bridgehead atoms. The molecule has 0 saturated heterocycles. The maximum absolute atomic E-state index is 12.3. The number of carbonyl (C=O) groups excluding carboxylic acids is 1. The summed E-state index contributed by atoms with van der Waals surface area (Å²) in [4.78, 5) is 12.3. The summed E-state index contributed by atoms with van der Waals surface area (Å²) in [6, 6.07) is 12.0. The average Bonchev–Trinajstić information content (AvgIpc) is 3.07. The number of nitrogens with one attached hydrogen (secondary N) is 1. The van der Waals surface area contributed by atoms with E-state index < -0.39 is 0 Å². The summed E-state index contributed by atoms with van der Waals surface area (Å²) in [5.74, 6) is -0.108. The number of anilines is 1. The molecule has 24 heavy (non-hydrogen) atoms. The Balaban J connectivity index is 1.73. The molecule has 6 heteroatoms. The lowest BCUT2D eigenvalue weighted by molar-refractivity contribution is -0.116. The summed E-state index contributed by atoms with van der Waals surface area (Å²) in [6.45, 7) is 6.65. The summed E-state index contributed by atoms with van der Waals surface area (Å²) in [5.41, 5.74) is 4.61. The van der Waals surface area contributed by atoms with Crippen molar-refractivity contribution in [3.05, 3.63) is 65.2 Å². The molecule has 0 aliphatic carbocycles. The molecule has 0 aliphatic heterocycles. The van der Waals surface area contributed by atoms with Gasteiger partial charge in [-0.25, -0.2) is 0 Å². The van der Waals surface area contributed by atoms with Gasteiger partial charge in [-0.05, 0) is 32.4 Å². The van der Waals surface area contributed by atoms with Gasteiger partial charge in [0.1, 0.15) is 6.54 Å². The van der Waals surface area contributed by atoms with Crippen LogP contribution >= 0.6 is 0 Å². The van der Waals surface area contributed by atoms with E-state index in [1.807, 2.05) is 49.7 Å². The molecule has 2 aromatic heterocycles. The zero-order valence-corrected chi connectivity index (χ0v) is 14.2. The van der Waals surface area contributed by atoms with E-state index in [4.69, 9.17) is 0 Å². The van der Waals surface area contributed by atoms with E-state index in [0.717, 1.165) is 22.8 Å². The number of benzene rings is 1. The zero-order chi connectivity index (χ0) is 17.1. The number of carbonyl (C=O) groups is 1. The highest BCUT2D eigenvalue weighted by Gasteiger charge is 2.14. The van der Waals surface area contributed by atoms with Gasteiger partial charge in [0, 0.05) is 6.20 Å². The van der Waals surface area contributed by atoms with E-state index >= 15 is 0 Å². The molecule has 0 fully saturated rings. The third kappa shape index (κ3) is 3.53. The molecule has 1 amide bonds. The van der Waals surface area contributed by atoms with Gasteiger partial charge in [0.05, 0.1) is 29.3 Å². The normalized spacial score (nSPS) is 10.8. The molecule has 1 aromatic carbocycles. The SMILES string of the molecule is Cc1ccn(CC(=O)Nc2c(C)nn(Cc3ccccc3)c2C)n1. The van der Waals surface area contributed by atoms with Crippen molar-refractivity contribution in [3.8, 4) is 0 Å². The van der Waals surface area contributed by atoms with Gasteiger partial charge < -0.3 is 5.32 Å². The number of hydrogen-bond acceptors (Lipinski definition) is 3. The summed E-state index contributed by atoms with van der Waals surface area (Å²) >= 11 is 0. The highest BCUT2D eigenvalue weighted by atomic mass is 16.2. The highest BCUT2D eigenvalue weighted by molar-refractivity contribution is 5.91. The van der Waals surface area contributed by atoms with Crippen molar-refractivity contribution in [2.45, 2.75) is 33.9 Å². The topological polar surface area (TPSA) is 64.7 Å². The molecule has 0 saturated carbocycles. The van der Waals surface area contributed by atoms with Crippen molar-refractivity contribution in [2.75, 3.05) is 5.32 Å². The van der Waals surface area contributed by atoms with Crippen LogP contribution in [0.4, 0.5) is 5.69 Å². The molecule has 0 unspecified atom stereocenters. The number of nitrogens with zero attached hydrogens (tertiary/aromatic N) is 4. The molecule has 0 aliphatic rings. The maximum atomic E-state index is 12.3. The Hall–Kier alpha value is -2.89. The minimum atomic E-state index is -0.108. The largest absolute Gasteiger partial charge is 0.321 e. The van der Waals surface area contributed by atoms with Gasteiger partial charge in [-0.1, -0.05) is 30.3 Å². The summed E-state index contributed by atoms with van der Waals surface area (Å²) in [5, 5.41) is 11.7. The quantitative estimate of drug-likeness (QED) is 0.785. The van der Waals surface area contributed by atoms with Gasteiger partial charge in [0.2, 0.25) is 5.91 Å². The molecule has 124 valence electrons. The number of rotatable bonds is 5. The molecule has 0 radical (unpaired) electrons. The lowest BCUT2D eigenvalue weighted by Gasteiger charge is -2.07. The highest BCUT2D eigenvalue weighted by Crippen LogP contribution is 2.20. The summed E-state index contributed by atoms with van der Waals surface area (Å²) < 4.78 is 3.54. The fraction of sp³-hybridized carbons (Fsp3) is 0.278. The van der Waals surface area contributed by atoms with Gasteiger partial charge in [0.25, 0.3) is 0 Å². The van der Waals surface area contributed by atoms with Gasteiger partial charge in [0.15, 0.2) is 0 Å². The fourth-order valence-corrected chi connectivity index (χ4v) is 2.67. The van der Waals surface area contributed by atoms with Crippen LogP contribution in [0.3, 0.4) is 0 Å². The van der Waals surface area contributed by atoms with Crippen molar-refractivity contribution in [2.24, 2.45) is 0 Å². The Labute approximate surface area is 141 Å². The second-order valence-corrected chi connectivity index (χ2v) is 5.89.